The molecule has 0 N–H and O–H groups in total. The molecule has 0 spiro atoms. The molecule has 1 saturated heterocycles. The summed E-state index contributed by atoms with van der Waals surface area (Å²) in [5.74, 6) is -1.18. The second-order valence-electron chi connectivity index (χ2n) is 5.18. The van der Waals surface area contributed by atoms with E-state index in [1.54, 1.807) is 6.92 Å². The summed E-state index contributed by atoms with van der Waals surface area (Å²) in [5.41, 5.74) is 0.151. The third-order valence-corrected chi connectivity index (χ3v) is 3.97. The van der Waals surface area contributed by atoms with Gasteiger partial charge in [0.1, 0.15) is 12.0 Å². The lowest BCUT2D eigenvalue weighted by Crippen LogP contribution is -2.46. The maximum absolute atomic E-state index is 12.2. The molecule has 0 saturated carbocycles. The number of hydrogen-bond donors (Lipinski definition) is 0. The number of benzene rings is 1. The van der Waals surface area contributed by atoms with Crippen molar-refractivity contribution in [3.63, 3.8) is 0 Å². The van der Waals surface area contributed by atoms with Crippen LogP contribution in [0.2, 0.25) is 0 Å². The Balaban J connectivity index is 2.40. The third-order valence-electron chi connectivity index (χ3n) is 3.44. The average molecular weight is 311 g/mol. The molecule has 0 amide bonds. The van der Waals surface area contributed by atoms with Gasteiger partial charge in [0, 0.05) is 4.47 Å². The van der Waals surface area contributed by atoms with E-state index in [0.29, 0.717) is 0 Å². The molecule has 0 radical (unpaired) electrons. The quantitative estimate of drug-likeness (QED) is 0.590. The van der Waals surface area contributed by atoms with E-state index in [0.717, 1.165) is 10.0 Å². The van der Waals surface area contributed by atoms with Gasteiger partial charge in [-0.3, -0.25) is 9.59 Å². The van der Waals surface area contributed by atoms with Crippen LogP contribution in [-0.2, 0) is 14.3 Å². The first kappa shape index (κ1) is 13.3. The summed E-state index contributed by atoms with van der Waals surface area (Å²) in [6.07, 6.45) is -0.512. The lowest BCUT2D eigenvalue weighted by atomic mass is 9.73. The van der Waals surface area contributed by atoms with Crippen molar-refractivity contribution in [2.24, 2.45) is 11.3 Å². The number of ether oxygens (including phenoxy) is 1. The van der Waals surface area contributed by atoms with E-state index in [2.05, 4.69) is 15.9 Å². The SMILES string of the molecule is C[C@@H]1C(=O)O[C@@H](c2ccc(Br)cc2)C(C)(C)C1=O. The molecule has 1 aromatic rings. The number of esters is 1. The van der Waals surface area contributed by atoms with Gasteiger partial charge in [-0.05, 0) is 38.5 Å². The van der Waals surface area contributed by atoms with E-state index in [9.17, 15) is 9.59 Å². The predicted octanol–water partition coefficient (Wildman–Crippen LogP) is 3.28. The molecule has 3 nitrogen and oxygen atoms in total. The van der Waals surface area contributed by atoms with Crippen LogP contribution < -0.4 is 0 Å². The smallest absolute Gasteiger partial charge is 0.316 e. The summed E-state index contributed by atoms with van der Waals surface area (Å²) in [6.45, 7) is 5.25. The van der Waals surface area contributed by atoms with Gasteiger partial charge in [-0.15, -0.1) is 0 Å². The van der Waals surface area contributed by atoms with Crippen LogP contribution in [-0.4, -0.2) is 11.8 Å². The first-order chi connectivity index (χ1) is 8.34. The van der Waals surface area contributed by atoms with Gasteiger partial charge in [0.25, 0.3) is 0 Å². The van der Waals surface area contributed by atoms with E-state index < -0.39 is 23.4 Å². The molecule has 2 atom stereocenters. The Morgan fingerprint density at radius 1 is 1.17 bits per heavy atom. The van der Waals surface area contributed by atoms with E-state index in [1.807, 2.05) is 38.1 Å². The number of rotatable bonds is 1. The maximum atomic E-state index is 12.2. The first-order valence-corrected chi connectivity index (χ1v) is 6.63. The normalized spacial score (nSPS) is 26.9. The third kappa shape index (κ3) is 2.09. The topological polar surface area (TPSA) is 43.4 Å². The summed E-state index contributed by atoms with van der Waals surface area (Å²) in [6, 6.07) is 7.49. The Kier molecular flexibility index (Phi) is 3.32. The lowest BCUT2D eigenvalue weighted by Gasteiger charge is -2.39. The Labute approximate surface area is 115 Å². The number of carbonyl (C=O) groups excluding carboxylic acids is 2. The van der Waals surface area contributed by atoms with Crippen LogP contribution in [0.3, 0.4) is 0 Å². The highest BCUT2D eigenvalue weighted by atomic mass is 79.9. The van der Waals surface area contributed by atoms with Crippen molar-refractivity contribution < 1.29 is 14.3 Å². The van der Waals surface area contributed by atoms with Crippen LogP contribution in [0.15, 0.2) is 28.7 Å². The van der Waals surface area contributed by atoms with Gasteiger partial charge >= 0.3 is 5.97 Å². The first-order valence-electron chi connectivity index (χ1n) is 5.84. The molecule has 1 fully saturated rings. The highest BCUT2D eigenvalue weighted by molar-refractivity contribution is 9.10. The summed E-state index contributed by atoms with van der Waals surface area (Å²) < 4.78 is 6.39. The number of ketones is 1. The van der Waals surface area contributed by atoms with Gasteiger partial charge in [-0.1, -0.05) is 28.1 Å². The van der Waals surface area contributed by atoms with Crippen LogP contribution >= 0.6 is 15.9 Å². The van der Waals surface area contributed by atoms with Gasteiger partial charge in [0.2, 0.25) is 0 Å². The Hall–Kier alpha value is -1.16. The molecule has 2 rings (SSSR count). The van der Waals surface area contributed by atoms with E-state index in [4.69, 9.17) is 4.74 Å². The second-order valence-corrected chi connectivity index (χ2v) is 6.09. The molecule has 1 aromatic carbocycles. The average Bonchev–Trinajstić information content (AvgIpc) is 2.33. The summed E-state index contributed by atoms with van der Waals surface area (Å²) >= 11 is 3.36. The van der Waals surface area contributed by atoms with Crippen molar-refractivity contribution in [3.8, 4) is 0 Å². The zero-order valence-corrected chi connectivity index (χ0v) is 12.2. The van der Waals surface area contributed by atoms with Crippen LogP contribution in [0.5, 0.6) is 0 Å². The predicted molar refractivity (Wildman–Crippen MR) is 70.9 cm³/mol. The minimum absolute atomic E-state index is 0.0633. The molecule has 1 aliphatic rings. The fourth-order valence-corrected chi connectivity index (χ4v) is 2.55. The van der Waals surface area contributed by atoms with Crippen molar-refractivity contribution in [2.75, 3.05) is 0 Å². The van der Waals surface area contributed by atoms with Crippen molar-refractivity contribution in [2.45, 2.75) is 26.9 Å². The lowest BCUT2D eigenvalue weighted by molar-refractivity contribution is -0.177. The largest absolute Gasteiger partial charge is 0.456 e. The number of halogens is 1. The maximum Gasteiger partial charge on any atom is 0.316 e. The molecular formula is C14H15BrO3. The minimum atomic E-state index is -0.693. The van der Waals surface area contributed by atoms with Gasteiger partial charge in [0.05, 0.1) is 5.41 Å². The molecular weight excluding hydrogens is 296 g/mol. The zero-order valence-electron chi connectivity index (χ0n) is 10.6. The van der Waals surface area contributed by atoms with Crippen LogP contribution in [0.25, 0.3) is 0 Å². The van der Waals surface area contributed by atoms with Gasteiger partial charge in [-0.2, -0.15) is 0 Å². The van der Waals surface area contributed by atoms with Crippen molar-refractivity contribution in [1.82, 2.24) is 0 Å². The molecule has 1 aliphatic heterocycles. The molecule has 18 heavy (non-hydrogen) atoms. The number of hydrogen-bond acceptors (Lipinski definition) is 3. The van der Waals surface area contributed by atoms with Gasteiger partial charge in [-0.25, -0.2) is 0 Å². The van der Waals surface area contributed by atoms with E-state index in [1.165, 1.54) is 0 Å². The Bertz CT molecular complexity index is 490. The highest BCUT2D eigenvalue weighted by Crippen LogP contribution is 2.43. The number of cyclic esters (lactones) is 1. The molecule has 0 aromatic heterocycles. The summed E-state index contributed by atoms with van der Waals surface area (Å²) in [4.78, 5) is 23.9. The standard InChI is InChI=1S/C14H15BrO3/c1-8-11(16)14(2,3)12(18-13(8)17)9-4-6-10(15)7-5-9/h4-8,12H,1-3H3/t8-,12-/m0/s1. The fraction of sp³-hybridized carbons (Fsp3) is 0.429. The zero-order chi connectivity index (χ0) is 13.5. The van der Waals surface area contributed by atoms with Crippen LogP contribution in [0.1, 0.15) is 32.4 Å². The molecule has 96 valence electrons. The van der Waals surface area contributed by atoms with Gasteiger partial charge in [0.15, 0.2) is 5.78 Å². The second kappa shape index (κ2) is 4.50. The molecule has 4 heteroatoms. The van der Waals surface area contributed by atoms with Crippen molar-refractivity contribution in [3.05, 3.63) is 34.3 Å². The van der Waals surface area contributed by atoms with Crippen LogP contribution in [0, 0.1) is 11.3 Å². The Morgan fingerprint density at radius 2 is 1.72 bits per heavy atom. The van der Waals surface area contributed by atoms with Crippen LogP contribution in [0.4, 0.5) is 0 Å². The van der Waals surface area contributed by atoms with Crippen molar-refractivity contribution in [1.29, 1.82) is 0 Å². The summed E-state index contributed by atoms with van der Waals surface area (Å²) in [5, 5.41) is 0. The summed E-state index contributed by atoms with van der Waals surface area (Å²) in [7, 11) is 0. The fourth-order valence-electron chi connectivity index (χ4n) is 2.28. The number of carbonyl (C=O) groups is 2. The van der Waals surface area contributed by atoms with E-state index in [-0.39, 0.29) is 5.78 Å². The van der Waals surface area contributed by atoms with Gasteiger partial charge < -0.3 is 4.74 Å². The molecule has 1 heterocycles. The Morgan fingerprint density at radius 3 is 2.28 bits per heavy atom. The van der Waals surface area contributed by atoms with Crippen molar-refractivity contribution >= 4 is 27.7 Å². The highest BCUT2D eigenvalue weighted by Gasteiger charge is 2.49. The molecule has 0 bridgehead atoms. The minimum Gasteiger partial charge on any atom is -0.456 e. The molecule has 0 aliphatic carbocycles. The number of Topliss-reactive ketones (excluding diaryl/α,β-unsaturated/α-hetero) is 1. The van der Waals surface area contributed by atoms with E-state index >= 15 is 0 Å². The monoisotopic (exact) mass is 310 g/mol. The molecule has 0 unspecified atom stereocenters.